The maximum atomic E-state index is 12.8. The zero-order valence-corrected chi connectivity index (χ0v) is 16.3. The maximum absolute atomic E-state index is 12.8. The second-order valence-electron chi connectivity index (χ2n) is 7.61. The molecule has 1 aromatic rings. The molecule has 1 fully saturated rings. The molecule has 0 bridgehead atoms. The van der Waals surface area contributed by atoms with E-state index in [1.165, 1.54) is 0 Å². The van der Waals surface area contributed by atoms with Crippen molar-refractivity contribution in [3.63, 3.8) is 0 Å². The van der Waals surface area contributed by atoms with Gasteiger partial charge in [0, 0.05) is 26.2 Å². The topological polar surface area (TPSA) is 54.0 Å². The Morgan fingerprint density at radius 3 is 2.67 bits per heavy atom. The Morgan fingerprint density at radius 1 is 1.19 bits per heavy atom. The van der Waals surface area contributed by atoms with Crippen LogP contribution in [-0.2, 0) is 14.3 Å². The van der Waals surface area contributed by atoms with Gasteiger partial charge in [-0.15, -0.1) is 0 Å². The molecule has 4 atom stereocenters. The van der Waals surface area contributed by atoms with Crippen molar-refractivity contribution < 1.29 is 23.7 Å². The number of ketones is 1. The summed E-state index contributed by atoms with van der Waals surface area (Å²) in [6, 6.07) is 6.08. The number of carbonyl (C=O) groups excluding carboxylic acids is 1. The first-order valence-corrected chi connectivity index (χ1v) is 9.39. The van der Waals surface area contributed by atoms with Crippen LogP contribution in [0.25, 0.3) is 0 Å². The van der Waals surface area contributed by atoms with Gasteiger partial charge in [-0.2, -0.15) is 0 Å². The van der Waals surface area contributed by atoms with Crippen LogP contribution < -0.4 is 9.47 Å². The highest BCUT2D eigenvalue weighted by atomic mass is 16.7. The zero-order chi connectivity index (χ0) is 19.2. The monoisotopic (exact) mass is 370 g/mol. The third-order valence-electron chi connectivity index (χ3n) is 6.58. The van der Waals surface area contributed by atoms with Crippen LogP contribution in [0.1, 0.15) is 38.2 Å². The Balaban J connectivity index is 1.80. The molecule has 4 unspecified atom stereocenters. The van der Waals surface area contributed by atoms with Crippen LogP contribution in [0.15, 0.2) is 42.0 Å². The molecule has 0 saturated heterocycles. The highest BCUT2D eigenvalue weighted by molar-refractivity contribution is 6.00. The molecule has 1 aromatic carbocycles. The summed E-state index contributed by atoms with van der Waals surface area (Å²) in [6.07, 6.45) is 6.77. The summed E-state index contributed by atoms with van der Waals surface area (Å²) in [4.78, 5) is 12.8. The molecular weight excluding hydrogens is 344 g/mol. The van der Waals surface area contributed by atoms with Crippen LogP contribution in [-0.4, -0.2) is 38.0 Å². The van der Waals surface area contributed by atoms with Gasteiger partial charge in [-0.1, -0.05) is 25.1 Å². The van der Waals surface area contributed by atoms with E-state index >= 15 is 0 Å². The third-order valence-corrected chi connectivity index (χ3v) is 6.58. The lowest BCUT2D eigenvalue weighted by Crippen LogP contribution is -2.57. The van der Waals surface area contributed by atoms with Gasteiger partial charge in [-0.05, 0) is 49.0 Å². The Kier molecular flexibility index (Phi) is 4.40. The first kappa shape index (κ1) is 18.3. The summed E-state index contributed by atoms with van der Waals surface area (Å²) in [5.74, 6) is 1.94. The van der Waals surface area contributed by atoms with Crippen molar-refractivity contribution >= 4 is 5.78 Å². The molecule has 2 aliphatic carbocycles. The lowest BCUT2D eigenvalue weighted by Gasteiger charge is -2.46. The van der Waals surface area contributed by atoms with E-state index in [0.717, 1.165) is 17.1 Å². The largest absolute Gasteiger partial charge is 0.454 e. The van der Waals surface area contributed by atoms with Gasteiger partial charge in [0.05, 0.1) is 0 Å². The van der Waals surface area contributed by atoms with Gasteiger partial charge >= 0.3 is 0 Å². The van der Waals surface area contributed by atoms with E-state index in [1.807, 2.05) is 37.3 Å². The number of rotatable bonds is 4. The number of benzene rings is 1. The molecule has 27 heavy (non-hydrogen) atoms. The second-order valence-corrected chi connectivity index (χ2v) is 7.61. The molecule has 0 N–H and O–H groups in total. The van der Waals surface area contributed by atoms with Crippen LogP contribution in [0.4, 0.5) is 0 Å². The van der Waals surface area contributed by atoms with Crippen LogP contribution in [0.2, 0.25) is 0 Å². The number of ether oxygens (including phenoxy) is 4. The molecule has 1 saturated carbocycles. The van der Waals surface area contributed by atoms with Gasteiger partial charge in [0.15, 0.2) is 17.3 Å². The predicted octanol–water partition coefficient (Wildman–Crippen LogP) is 3.78. The molecule has 3 aliphatic rings. The van der Waals surface area contributed by atoms with Crippen molar-refractivity contribution in [2.24, 2.45) is 5.92 Å². The van der Waals surface area contributed by atoms with E-state index in [2.05, 4.69) is 13.0 Å². The Labute approximate surface area is 159 Å². The van der Waals surface area contributed by atoms with Gasteiger partial charge in [-0.25, -0.2) is 0 Å². The van der Waals surface area contributed by atoms with Crippen molar-refractivity contribution in [3.05, 3.63) is 47.6 Å². The minimum Gasteiger partial charge on any atom is -0.454 e. The van der Waals surface area contributed by atoms with E-state index in [0.29, 0.717) is 18.4 Å². The van der Waals surface area contributed by atoms with Crippen molar-refractivity contribution in [2.45, 2.75) is 43.8 Å². The van der Waals surface area contributed by atoms with Crippen molar-refractivity contribution in [1.82, 2.24) is 0 Å². The summed E-state index contributed by atoms with van der Waals surface area (Å²) in [7, 11) is 3.40. The summed E-state index contributed by atoms with van der Waals surface area (Å²) in [6.45, 7) is 4.35. The highest BCUT2D eigenvalue weighted by Gasteiger charge is 2.65. The standard InChI is InChI=1S/C22H26O5/c1-5-6-16-10-22(25-4)14(2)17(11-21(22,24-3)12-18(16)23)15-7-8-19-20(9-15)27-13-26-19/h5-10,14,17H,11-13H2,1-4H3. The third kappa shape index (κ3) is 2.48. The first-order valence-electron chi connectivity index (χ1n) is 9.39. The van der Waals surface area contributed by atoms with Gasteiger partial charge < -0.3 is 18.9 Å². The van der Waals surface area contributed by atoms with Crippen LogP contribution >= 0.6 is 0 Å². The number of carbonyl (C=O) groups is 1. The van der Waals surface area contributed by atoms with Gasteiger partial charge in [0.2, 0.25) is 6.79 Å². The second kappa shape index (κ2) is 6.50. The maximum Gasteiger partial charge on any atom is 0.231 e. The average Bonchev–Trinajstić information content (AvgIpc) is 3.24. The van der Waals surface area contributed by atoms with Gasteiger partial charge in [-0.3, -0.25) is 4.79 Å². The Morgan fingerprint density at radius 2 is 1.96 bits per heavy atom. The summed E-state index contributed by atoms with van der Waals surface area (Å²) in [5, 5.41) is 0. The fourth-order valence-electron chi connectivity index (χ4n) is 5.17. The van der Waals surface area contributed by atoms with E-state index < -0.39 is 11.2 Å². The lowest BCUT2D eigenvalue weighted by molar-refractivity contribution is -0.168. The summed E-state index contributed by atoms with van der Waals surface area (Å²) in [5.41, 5.74) is 0.517. The Hall–Kier alpha value is -2.11. The number of fused-ring (bicyclic) bond motifs is 2. The average molecular weight is 370 g/mol. The fraction of sp³-hybridized carbons (Fsp3) is 0.500. The number of allylic oxidation sites excluding steroid dienone is 3. The molecule has 4 rings (SSSR count). The van der Waals surface area contributed by atoms with Crippen LogP contribution in [0.3, 0.4) is 0 Å². The quantitative estimate of drug-likeness (QED) is 0.807. The van der Waals surface area contributed by atoms with Crippen molar-refractivity contribution in [3.8, 4) is 11.5 Å². The number of methoxy groups -OCH3 is 2. The van der Waals surface area contributed by atoms with E-state index in [-0.39, 0.29) is 24.4 Å². The molecule has 0 amide bonds. The molecule has 5 heteroatoms. The van der Waals surface area contributed by atoms with E-state index in [9.17, 15) is 4.79 Å². The summed E-state index contributed by atoms with van der Waals surface area (Å²) < 4.78 is 23.2. The van der Waals surface area contributed by atoms with Crippen molar-refractivity contribution in [2.75, 3.05) is 21.0 Å². The molecular formula is C22H26O5. The predicted molar refractivity (Wildman–Crippen MR) is 101 cm³/mol. The lowest BCUT2D eigenvalue weighted by atomic mass is 9.71. The minimum atomic E-state index is -0.676. The van der Waals surface area contributed by atoms with E-state index in [1.54, 1.807) is 14.2 Å². The molecule has 5 nitrogen and oxygen atoms in total. The smallest absolute Gasteiger partial charge is 0.231 e. The molecule has 0 spiro atoms. The summed E-state index contributed by atoms with van der Waals surface area (Å²) >= 11 is 0. The van der Waals surface area contributed by atoms with Crippen molar-refractivity contribution in [1.29, 1.82) is 0 Å². The molecule has 0 aromatic heterocycles. The molecule has 1 heterocycles. The zero-order valence-electron chi connectivity index (χ0n) is 16.3. The number of hydrogen-bond donors (Lipinski definition) is 0. The highest BCUT2D eigenvalue weighted by Crippen LogP contribution is 2.59. The van der Waals surface area contributed by atoms with Crippen LogP contribution in [0.5, 0.6) is 11.5 Å². The SMILES string of the molecule is CC=CC1=CC2(OC)C(C)C(c3ccc4c(c3)OCO4)CC2(OC)CC1=O. The van der Waals surface area contributed by atoms with Crippen LogP contribution in [0, 0.1) is 5.92 Å². The van der Waals surface area contributed by atoms with E-state index in [4.69, 9.17) is 18.9 Å². The first-order chi connectivity index (χ1) is 13.0. The number of Topliss-reactive ketones (excluding diaryl/α,β-unsaturated/α-hetero) is 1. The normalized spacial score (nSPS) is 34.8. The molecule has 144 valence electrons. The fourth-order valence-corrected chi connectivity index (χ4v) is 5.17. The number of hydrogen-bond acceptors (Lipinski definition) is 5. The Bertz CT molecular complexity index is 826. The molecule has 1 aliphatic heterocycles. The van der Waals surface area contributed by atoms with Gasteiger partial charge in [0.25, 0.3) is 0 Å². The van der Waals surface area contributed by atoms with Gasteiger partial charge in [0.1, 0.15) is 11.2 Å². The molecule has 0 radical (unpaired) electrons. The minimum absolute atomic E-state index is 0.0983.